The maximum atomic E-state index is 14.5. The van der Waals surface area contributed by atoms with Crippen LogP contribution in [0.1, 0.15) is 18.0 Å². The van der Waals surface area contributed by atoms with E-state index < -0.39 is 30.5 Å². The summed E-state index contributed by atoms with van der Waals surface area (Å²) in [5.74, 6) is -1.04. The number of aromatic nitrogens is 4. The van der Waals surface area contributed by atoms with E-state index in [0.717, 1.165) is 11.6 Å². The van der Waals surface area contributed by atoms with Gasteiger partial charge in [0.1, 0.15) is 29.8 Å². The molecule has 5 rings (SSSR count). The quantitative estimate of drug-likeness (QED) is 0.385. The number of aromatic amines is 1. The molecule has 1 N–H and O–H groups in total. The number of methoxy groups -OCH3 is 1. The van der Waals surface area contributed by atoms with Crippen molar-refractivity contribution in [1.82, 2.24) is 20.0 Å². The zero-order chi connectivity index (χ0) is 27.0. The number of pyridine rings is 1. The predicted molar refractivity (Wildman–Crippen MR) is 130 cm³/mol. The lowest BCUT2D eigenvalue weighted by molar-refractivity contribution is -0.134. The molecule has 8 nitrogen and oxygen atoms in total. The zero-order valence-electron chi connectivity index (χ0n) is 20.0. The molecule has 1 unspecified atom stereocenters. The van der Waals surface area contributed by atoms with E-state index in [-0.39, 0.29) is 29.7 Å². The maximum Gasteiger partial charge on any atom is 0.406 e. The molecular weight excluding hydrogens is 506 g/mol. The summed E-state index contributed by atoms with van der Waals surface area (Å²) < 4.78 is 61.4. The fourth-order valence-corrected chi connectivity index (χ4v) is 4.57. The lowest BCUT2D eigenvalue weighted by Crippen LogP contribution is -2.42. The van der Waals surface area contributed by atoms with Crippen molar-refractivity contribution < 1.29 is 27.1 Å². The highest BCUT2D eigenvalue weighted by Gasteiger charge is 2.40. The van der Waals surface area contributed by atoms with Gasteiger partial charge in [0.15, 0.2) is 0 Å². The number of amides is 1. The number of alkyl halides is 3. The van der Waals surface area contributed by atoms with Gasteiger partial charge in [0.25, 0.3) is 5.91 Å². The van der Waals surface area contributed by atoms with Crippen molar-refractivity contribution in [3.8, 4) is 28.1 Å². The van der Waals surface area contributed by atoms with Crippen LogP contribution in [0, 0.1) is 5.82 Å². The van der Waals surface area contributed by atoms with Crippen LogP contribution in [-0.4, -0.2) is 45.7 Å². The second-order valence-electron chi connectivity index (χ2n) is 8.77. The maximum absolute atomic E-state index is 14.5. The number of anilines is 1. The van der Waals surface area contributed by atoms with E-state index in [1.165, 1.54) is 36.2 Å². The van der Waals surface area contributed by atoms with Crippen LogP contribution in [0.4, 0.5) is 23.2 Å². The monoisotopic (exact) mass is 527 g/mol. The van der Waals surface area contributed by atoms with Gasteiger partial charge in [-0.2, -0.15) is 13.2 Å². The van der Waals surface area contributed by atoms with Crippen molar-refractivity contribution in [3.05, 3.63) is 82.7 Å². The van der Waals surface area contributed by atoms with Crippen molar-refractivity contribution in [2.45, 2.75) is 25.1 Å². The summed E-state index contributed by atoms with van der Waals surface area (Å²) in [6.07, 6.45) is -1.58. The average molecular weight is 527 g/mol. The molecule has 0 radical (unpaired) electrons. The number of rotatable bonds is 5. The number of H-pyrrole nitrogens is 1. The van der Waals surface area contributed by atoms with Gasteiger partial charge in [-0.25, -0.2) is 9.07 Å². The van der Waals surface area contributed by atoms with Crippen LogP contribution in [-0.2, 0) is 11.2 Å². The zero-order valence-corrected chi connectivity index (χ0v) is 20.0. The largest absolute Gasteiger partial charge is 0.496 e. The van der Waals surface area contributed by atoms with Gasteiger partial charge in [0.2, 0.25) is 5.56 Å². The Labute approximate surface area is 213 Å². The molecule has 0 fully saturated rings. The summed E-state index contributed by atoms with van der Waals surface area (Å²) in [5.41, 5.74) is 2.09. The number of nitrogens with zero attached hydrogens (tertiary/aromatic N) is 4. The summed E-state index contributed by atoms with van der Waals surface area (Å²) in [6, 6.07) is 10.9. The van der Waals surface area contributed by atoms with Crippen molar-refractivity contribution in [3.63, 3.8) is 0 Å². The van der Waals surface area contributed by atoms with Gasteiger partial charge in [0, 0.05) is 34.5 Å². The topological polar surface area (TPSA) is 93.1 Å². The molecule has 1 amide bonds. The summed E-state index contributed by atoms with van der Waals surface area (Å²) in [4.78, 5) is 27.9. The van der Waals surface area contributed by atoms with Crippen LogP contribution in [0.3, 0.4) is 0 Å². The van der Waals surface area contributed by atoms with Gasteiger partial charge in [-0.05, 0) is 43.2 Å². The smallest absolute Gasteiger partial charge is 0.406 e. The van der Waals surface area contributed by atoms with Crippen LogP contribution in [0.5, 0.6) is 5.75 Å². The molecule has 2 aromatic heterocycles. The Bertz CT molecular complexity index is 1540. The third-order valence-electron chi connectivity index (χ3n) is 6.36. The first-order valence-corrected chi connectivity index (χ1v) is 11.6. The molecule has 12 heteroatoms. The number of halogens is 4. The highest BCUT2D eigenvalue weighted by Crippen LogP contribution is 2.36. The minimum atomic E-state index is -4.69. The van der Waals surface area contributed by atoms with Crippen LogP contribution >= 0.6 is 0 Å². The molecule has 1 aliphatic rings. The van der Waals surface area contributed by atoms with Crippen molar-refractivity contribution in [2.75, 3.05) is 18.6 Å². The van der Waals surface area contributed by atoms with Gasteiger partial charge in [0.05, 0.1) is 19.0 Å². The van der Waals surface area contributed by atoms with E-state index in [0.29, 0.717) is 27.5 Å². The average Bonchev–Trinajstić information content (AvgIpc) is 3.33. The number of hydrogen-bond donors (Lipinski definition) is 1. The minimum Gasteiger partial charge on any atom is -0.496 e. The van der Waals surface area contributed by atoms with E-state index in [2.05, 4.69) is 15.3 Å². The Kier molecular flexibility index (Phi) is 6.47. The standard InChI is InChI=1S/C26H21F4N5O3/c1-38-23-11-15(5-7-17(23)16-6-10-24(36)31-12-16)20-13-35(33-32-20)22-9-8-18-19(27)3-2-4-21(18)34(25(22)37)14-26(28,29)30/h2-7,10-13,22H,8-9,14H2,1H3,(H,31,36). The Morgan fingerprint density at radius 2 is 1.89 bits per heavy atom. The summed E-state index contributed by atoms with van der Waals surface area (Å²) in [6.45, 7) is -1.55. The molecule has 1 atom stereocenters. The lowest BCUT2D eigenvalue weighted by Gasteiger charge is -2.26. The lowest BCUT2D eigenvalue weighted by atomic mass is 10.0. The summed E-state index contributed by atoms with van der Waals surface area (Å²) in [7, 11) is 1.49. The van der Waals surface area contributed by atoms with Crippen molar-refractivity contribution >= 4 is 11.6 Å². The molecule has 3 heterocycles. The van der Waals surface area contributed by atoms with E-state index in [1.807, 2.05) is 0 Å². The Morgan fingerprint density at radius 1 is 1.11 bits per heavy atom. The number of nitrogens with one attached hydrogen (secondary N) is 1. The van der Waals surface area contributed by atoms with Gasteiger partial charge in [-0.15, -0.1) is 5.10 Å². The minimum absolute atomic E-state index is 0.0401. The first-order chi connectivity index (χ1) is 18.1. The highest BCUT2D eigenvalue weighted by molar-refractivity contribution is 5.97. The molecule has 2 aromatic carbocycles. The summed E-state index contributed by atoms with van der Waals surface area (Å²) in [5, 5.41) is 8.16. The molecule has 0 spiro atoms. The second kappa shape index (κ2) is 9.77. The number of benzene rings is 2. The summed E-state index contributed by atoms with van der Waals surface area (Å²) >= 11 is 0. The fraction of sp³-hybridized carbons (Fsp3) is 0.231. The number of hydrogen-bond acceptors (Lipinski definition) is 5. The molecule has 4 aromatic rings. The molecule has 196 valence electrons. The molecule has 0 aliphatic carbocycles. The first kappa shape index (κ1) is 25.2. The van der Waals surface area contributed by atoms with E-state index in [4.69, 9.17) is 4.74 Å². The van der Waals surface area contributed by atoms with Crippen molar-refractivity contribution in [2.24, 2.45) is 0 Å². The third kappa shape index (κ3) is 4.89. The molecule has 0 saturated heterocycles. The van der Waals surface area contributed by atoms with Gasteiger partial charge in [-0.3, -0.25) is 9.59 Å². The van der Waals surface area contributed by atoms with Crippen LogP contribution in [0.15, 0.2) is 65.7 Å². The molecule has 1 aliphatic heterocycles. The Morgan fingerprint density at radius 3 is 2.61 bits per heavy atom. The van der Waals surface area contributed by atoms with Crippen LogP contribution < -0.4 is 15.2 Å². The van der Waals surface area contributed by atoms with Gasteiger partial charge in [-0.1, -0.05) is 17.3 Å². The third-order valence-corrected chi connectivity index (χ3v) is 6.36. The molecule has 0 saturated carbocycles. The predicted octanol–water partition coefficient (Wildman–Crippen LogP) is 4.53. The van der Waals surface area contributed by atoms with E-state index in [9.17, 15) is 27.2 Å². The SMILES string of the molecule is COc1cc(-c2cn(C3CCc4c(F)cccc4N(CC(F)(F)F)C3=O)nn2)ccc1-c1ccc(=O)[nH]c1. The number of fused-ring (bicyclic) bond motifs is 1. The van der Waals surface area contributed by atoms with Gasteiger partial charge < -0.3 is 14.6 Å². The molecule has 38 heavy (non-hydrogen) atoms. The van der Waals surface area contributed by atoms with Crippen LogP contribution in [0.25, 0.3) is 22.4 Å². The van der Waals surface area contributed by atoms with Gasteiger partial charge >= 0.3 is 6.18 Å². The normalized spacial score (nSPS) is 15.8. The second-order valence-corrected chi connectivity index (χ2v) is 8.77. The van der Waals surface area contributed by atoms with E-state index in [1.54, 1.807) is 30.5 Å². The van der Waals surface area contributed by atoms with Crippen molar-refractivity contribution in [1.29, 1.82) is 0 Å². The molecule has 0 bridgehead atoms. The van der Waals surface area contributed by atoms with Crippen LogP contribution in [0.2, 0.25) is 0 Å². The first-order valence-electron chi connectivity index (χ1n) is 11.6. The molecular formula is C26H21F4N5O3. The highest BCUT2D eigenvalue weighted by atomic mass is 19.4. The fourth-order valence-electron chi connectivity index (χ4n) is 4.57. The Balaban J connectivity index is 1.48. The number of carbonyl (C=O) groups is 1. The number of ether oxygens (including phenoxy) is 1. The Hall–Kier alpha value is -4.48. The van der Waals surface area contributed by atoms with E-state index >= 15 is 0 Å². The number of carbonyl (C=O) groups excluding carboxylic acids is 1.